The first kappa shape index (κ1) is 11.0. The van der Waals surface area contributed by atoms with Crippen molar-refractivity contribution in [1.29, 1.82) is 0 Å². The van der Waals surface area contributed by atoms with Gasteiger partial charge in [0.1, 0.15) is 0 Å². The molecule has 78 valence electrons. The van der Waals surface area contributed by atoms with Crippen LogP contribution < -0.4 is 5.32 Å². The molecule has 0 aromatic heterocycles. The van der Waals surface area contributed by atoms with Gasteiger partial charge in [-0.05, 0) is 25.8 Å². The van der Waals surface area contributed by atoms with E-state index in [9.17, 15) is 5.11 Å². The molecule has 0 spiro atoms. The molecule has 0 unspecified atom stereocenters. The molecule has 0 heterocycles. The van der Waals surface area contributed by atoms with Crippen molar-refractivity contribution in [2.75, 3.05) is 6.54 Å². The fourth-order valence-corrected chi connectivity index (χ4v) is 2.01. The van der Waals surface area contributed by atoms with Crippen LogP contribution in [0.3, 0.4) is 0 Å². The van der Waals surface area contributed by atoms with Crippen LogP contribution in [0.1, 0.15) is 51.9 Å². The number of rotatable bonds is 5. The minimum absolute atomic E-state index is 0.0876. The molecule has 0 radical (unpaired) electrons. The molecule has 13 heavy (non-hydrogen) atoms. The maximum Gasteiger partial charge on any atom is 0.0693 e. The lowest BCUT2D eigenvalue weighted by Crippen LogP contribution is -2.42. The summed E-state index contributed by atoms with van der Waals surface area (Å²) in [6.45, 7) is 3.30. The van der Waals surface area contributed by atoms with Crippen LogP contribution in [0, 0.1) is 0 Å². The van der Waals surface area contributed by atoms with Crippen molar-refractivity contribution >= 4 is 0 Å². The lowest BCUT2D eigenvalue weighted by molar-refractivity contribution is 0.0910. The minimum Gasteiger partial charge on any atom is -0.392 e. The van der Waals surface area contributed by atoms with E-state index in [1.165, 1.54) is 32.1 Å². The molecule has 2 N–H and O–H groups in total. The van der Waals surface area contributed by atoms with Gasteiger partial charge in [0.05, 0.1) is 6.10 Å². The summed E-state index contributed by atoms with van der Waals surface area (Å²) in [5.41, 5.74) is 0. The highest BCUT2D eigenvalue weighted by atomic mass is 16.3. The molecule has 1 aliphatic carbocycles. The Bertz CT molecular complexity index is 127. The van der Waals surface area contributed by atoms with Gasteiger partial charge in [0.2, 0.25) is 0 Å². The Kier molecular flexibility index (Phi) is 5.40. The summed E-state index contributed by atoms with van der Waals surface area (Å²) >= 11 is 0. The molecule has 0 saturated heterocycles. The number of hydrogen-bond donors (Lipinski definition) is 2. The summed E-state index contributed by atoms with van der Waals surface area (Å²) in [6, 6.07) is 0.380. The predicted octanol–water partition coefficient (Wildman–Crippen LogP) is 2.07. The van der Waals surface area contributed by atoms with Crippen LogP contribution in [0.5, 0.6) is 0 Å². The third-order valence-electron chi connectivity index (χ3n) is 2.92. The highest BCUT2D eigenvalue weighted by molar-refractivity contribution is 4.79. The Morgan fingerprint density at radius 2 is 2.00 bits per heavy atom. The van der Waals surface area contributed by atoms with Gasteiger partial charge in [-0.2, -0.15) is 0 Å². The van der Waals surface area contributed by atoms with Gasteiger partial charge in [-0.25, -0.2) is 0 Å². The standard InChI is InChI=1S/C11H23NO/c1-2-3-6-9-12-10-7-4-5-8-11(10)13/h10-13H,2-9H2,1H3/t10-,11-/m0/s1. The predicted molar refractivity (Wildman–Crippen MR) is 55.8 cm³/mol. The van der Waals surface area contributed by atoms with Gasteiger partial charge in [0.15, 0.2) is 0 Å². The van der Waals surface area contributed by atoms with Crippen LogP contribution >= 0.6 is 0 Å². The van der Waals surface area contributed by atoms with Gasteiger partial charge in [0.25, 0.3) is 0 Å². The van der Waals surface area contributed by atoms with Crippen molar-refractivity contribution in [2.24, 2.45) is 0 Å². The van der Waals surface area contributed by atoms with Crippen molar-refractivity contribution in [3.05, 3.63) is 0 Å². The zero-order valence-electron chi connectivity index (χ0n) is 8.76. The van der Waals surface area contributed by atoms with Crippen molar-refractivity contribution < 1.29 is 5.11 Å². The Balaban J connectivity index is 2.05. The van der Waals surface area contributed by atoms with E-state index in [0.717, 1.165) is 19.4 Å². The van der Waals surface area contributed by atoms with Gasteiger partial charge in [-0.3, -0.25) is 0 Å². The van der Waals surface area contributed by atoms with Crippen molar-refractivity contribution in [3.63, 3.8) is 0 Å². The summed E-state index contributed by atoms with van der Waals surface area (Å²) < 4.78 is 0. The molecule has 0 aromatic carbocycles. The summed E-state index contributed by atoms with van der Waals surface area (Å²) in [5.74, 6) is 0. The third kappa shape index (κ3) is 4.10. The second-order valence-electron chi connectivity index (χ2n) is 4.12. The highest BCUT2D eigenvalue weighted by Gasteiger charge is 2.21. The Morgan fingerprint density at radius 3 is 2.69 bits per heavy atom. The summed E-state index contributed by atoms with van der Waals surface area (Å²) in [4.78, 5) is 0. The molecule has 0 bridgehead atoms. The van der Waals surface area contributed by atoms with Crippen LogP contribution in [0.4, 0.5) is 0 Å². The van der Waals surface area contributed by atoms with Crippen LogP contribution in [-0.2, 0) is 0 Å². The zero-order chi connectivity index (χ0) is 9.52. The topological polar surface area (TPSA) is 32.3 Å². The van der Waals surface area contributed by atoms with E-state index in [4.69, 9.17) is 0 Å². The second kappa shape index (κ2) is 6.39. The first-order chi connectivity index (χ1) is 6.34. The van der Waals surface area contributed by atoms with E-state index < -0.39 is 0 Å². The number of aliphatic hydroxyl groups excluding tert-OH is 1. The maximum atomic E-state index is 9.66. The van der Waals surface area contributed by atoms with Gasteiger partial charge in [-0.15, -0.1) is 0 Å². The molecule has 0 aromatic rings. The van der Waals surface area contributed by atoms with Crippen molar-refractivity contribution in [3.8, 4) is 0 Å². The average Bonchev–Trinajstić information content (AvgIpc) is 2.15. The van der Waals surface area contributed by atoms with Gasteiger partial charge < -0.3 is 10.4 Å². The Labute approximate surface area is 81.7 Å². The Hall–Kier alpha value is -0.0800. The molecule has 2 nitrogen and oxygen atoms in total. The summed E-state index contributed by atoms with van der Waals surface area (Å²) in [5, 5.41) is 13.1. The lowest BCUT2D eigenvalue weighted by atomic mass is 9.92. The molecule has 2 atom stereocenters. The van der Waals surface area contributed by atoms with Gasteiger partial charge in [-0.1, -0.05) is 32.6 Å². The number of unbranched alkanes of at least 4 members (excludes halogenated alkanes) is 2. The van der Waals surface area contributed by atoms with E-state index in [1.807, 2.05) is 0 Å². The normalized spacial score (nSPS) is 29.1. The molecule has 0 amide bonds. The van der Waals surface area contributed by atoms with Crippen molar-refractivity contribution in [1.82, 2.24) is 5.32 Å². The first-order valence-corrected chi connectivity index (χ1v) is 5.76. The van der Waals surface area contributed by atoms with E-state index in [0.29, 0.717) is 6.04 Å². The van der Waals surface area contributed by atoms with E-state index >= 15 is 0 Å². The average molecular weight is 185 g/mol. The van der Waals surface area contributed by atoms with E-state index in [1.54, 1.807) is 0 Å². The van der Waals surface area contributed by atoms with Crippen LogP contribution in [0.15, 0.2) is 0 Å². The SMILES string of the molecule is CCCCCN[C@H]1CCCC[C@@H]1O. The molecule has 1 rings (SSSR count). The van der Waals surface area contributed by atoms with E-state index in [2.05, 4.69) is 12.2 Å². The largest absolute Gasteiger partial charge is 0.392 e. The molecular weight excluding hydrogens is 162 g/mol. The van der Waals surface area contributed by atoms with Gasteiger partial charge in [0, 0.05) is 6.04 Å². The lowest BCUT2D eigenvalue weighted by Gasteiger charge is -2.28. The van der Waals surface area contributed by atoms with Crippen molar-refractivity contribution in [2.45, 2.75) is 64.0 Å². The summed E-state index contributed by atoms with van der Waals surface area (Å²) in [7, 11) is 0. The van der Waals surface area contributed by atoms with Crippen LogP contribution in [-0.4, -0.2) is 23.8 Å². The molecule has 1 fully saturated rings. The molecule has 0 aliphatic heterocycles. The monoisotopic (exact) mass is 185 g/mol. The molecule has 1 saturated carbocycles. The maximum absolute atomic E-state index is 9.66. The number of aliphatic hydroxyl groups is 1. The van der Waals surface area contributed by atoms with Crippen LogP contribution in [0.25, 0.3) is 0 Å². The molecule has 2 heteroatoms. The van der Waals surface area contributed by atoms with Crippen LogP contribution in [0.2, 0.25) is 0 Å². The second-order valence-corrected chi connectivity index (χ2v) is 4.12. The third-order valence-corrected chi connectivity index (χ3v) is 2.92. The number of nitrogens with one attached hydrogen (secondary N) is 1. The smallest absolute Gasteiger partial charge is 0.0693 e. The quantitative estimate of drug-likeness (QED) is 0.643. The highest BCUT2D eigenvalue weighted by Crippen LogP contribution is 2.18. The first-order valence-electron chi connectivity index (χ1n) is 5.76. The number of hydrogen-bond acceptors (Lipinski definition) is 2. The van der Waals surface area contributed by atoms with Gasteiger partial charge >= 0.3 is 0 Å². The zero-order valence-corrected chi connectivity index (χ0v) is 8.76. The molecule has 1 aliphatic rings. The molecular formula is C11H23NO. The van der Waals surface area contributed by atoms with E-state index in [-0.39, 0.29) is 6.10 Å². The Morgan fingerprint density at radius 1 is 1.23 bits per heavy atom. The fraction of sp³-hybridized carbons (Fsp3) is 1.00. The fourth-order valence-electron chi connectivity index (χ4n) is 2.01. The summed E-state index contributed by atoms with van der Waals surface area (Å²) in [6.07, 6.45) is 8.37. The minimum atomic E-state index is -0.0876.